The third-order valence-electron chi connectivity index (χ3n) is 2.79. The molecule has 0 atom stereocenters. The highest BCUT2D eigenvalue weighted by Gasteiger charge is 2.10. The van der Waals surface area contributed by atoms with Gasteiger partial charge in [-0.05, 0) is 36.8 Å². The molecule has 0 bridgehead atoms. The zero-order valence-corrected chi connectivity index (χ0v) is 9.34. The molecule has 3 aromatic rings. The van der Waals surface area contributed by atoms with E-state index in [9.17, 15) is 0 Å². The maximum Gasteiger partial charge on any atom is 0.230 e. The maximum atomic E-state index is 5.69. The number of hydrogen-bond acceptors (Lipinski definition) is 4. The molecule has 0 aliphatic heterocycles. The smallest absolute Gasteiger partial charge is 0.230 e. The van der Waals surface area contributed by atoms with Crippen molar-refractivity contribution in [3.05, 3.63) is 42.1 Å². The Hall–Kier alpha value is -2.36. The van der Waals surface area contributed by atoms with Crippen LogP contribution in [0.15, 0.2) is 41.1 Å². The van der Waals surface area contributed by atoms with Crippen molar-refractivity contribution >= 4 is 16.8 Å². The second kappa shape index (κ2) is 3.59. The first-order valence-electron chi connectivity index (χ1n) is 5.32. The average Bonchev–Trinajstić information content (AvgIpc) is 2.71. The summed E-state index contributed by atoms with van der Waals surface area (Å²) >= 11 is 0. The van der Waals surface area contributed by atoms with Gasteiger partial charge in [0.2, 0.25) is 5.88 Å². The lowest BCUT2D eigenvalue weighted by Gasteiger charge is -2.04. The summed E-state index contributed by atoms with van der Waals surface area (Å²) in [6.07, 6.45) is 1.77. The predicted molar refractivity (Wildman–Crippen MR) is 66.4 cm³/mol. The second-order valence-corrected chi connectivity index (χ2v) is 3.95. The lowest BCUT2D eigenvalue weighted by molar-refractivity contribution is 0.445. The van der Waals surface area contributed by atoms with Crippen LogP contribution in [0.25, 0.3) is 22.2 Å². The van der Waals surface area contributed by atoms with Crippen LogP contribution in [0.5, 0.6) is 0 Å². The maximum absolute atomic E-state index is 5.69. The van der Waals surface area contributed by atoms with Gasteiger partial charge in [-0.1, -0.05) is 11.2 Å². The van der Waals surface area contributed by atoms with Gasteiger partial charge in [0, 0.05) is 11.8 Å². The van der Waals surface area contributed by atoms with Crippen molar-refractivity contribution in [1.29, 1.82) is 0 Å². The molecule has 0 radical (unpaired) electrons. The van der Waals surface area contributed by atoms with Crippen molar-refractivity contribution in [1.82, 2.24) is 10.1 Å². The fourth-order valence-electron chi connectivity index (χ4n) is 1.91. The number of fused-ring (bicyclic) bond motifs is 1. The van der Waals surface area contributed by atoms with E-state index in [1.807, 2.05) is 37.3 Å². The van der Waals surface area contributed by atoms with Crippen LogP contribution >= 0.6 is 0 Å². The Labute approximate surface area is 98.1 Å². The third kappa shape index (κ3) is 1.54. The molecule has 2 N–H and O–H groups in total. The average molecular weight is 225 g/mol. The summed E-state index contributed by atoms with van der Waals surface area (Å²) in [5.41, 5.74) is 9.52. The first-order valence-corrected chi connectivity index (χ1v) is 5.32. The molecule has 0 fully saturated rings. The van der Waals surface area contributed by atoms with Crippen LogP contribution in [0.1, 0.15) is 5.56 Å². The number of hydrogen-bond donors (Lipinski definition) is 1. The molecule has 0 saturated carbocycles. The number of anilines is 1. The van der Waals surface area contributed by atoms with Crippen LogP contribution < -0.4 is 5.73 Å². The number of aryl methyl sites for hydroxylation is 1. The van der Waals surface area contributed by atoms with Crippen molar-refractivity contribution in [3.8, 4) is 11.3 Å². The minimum Gasteiger partial charge on any atom is -0.367 e. The zero-order chi connectivity index (χ0) is 11.8. The summed E-state index contributed by atoms with van der Waals surface area (Å²) < 4.78 is 4.97. The summed E-state index contributed by atoms with van der Waals surface area (Å²) in [5, 5.41) is 4.77. The van der Waals surface area contributed by atoms with Gasteiger partial charge in [-0.25, -0.2) is 0 Å². The largest absolute Gasteiger partial charge is 0.367 e. The molecule has 2 heterocycles. The Balaban J connectivity index is 2.27. The quantitative estimate of drug-likeness (QED) is 0.691. The number of aromatic nitrogens is 2. The van der Waals surface area contributed by atoms with Crippen LogP contribution in [-0.4, -0.2) is 10.1 Å². The van der Waals surface area contributed by atoms with Gasteiger partial charge >= 0.3 is 0 Å². The molecular weight excluding hydrogens is 214 g/mol. The van der Waals surface area contributed by atoms with Crippen molar-refractivity contribution in [3.63, 3.8) is 0 Å². The SMILES string of the molecule is Cc1cc2c(N)onc2cc1-c1ccccn1. The topological polar surface area (TPSA) is 64.9 Å². The molecule has 0 aliphatic carbocycles. The summed E-state index contributed by atoms with van der Waals surface area (Å²) in [4.78, 5) is 4.33. The Morgan fingerprint density at radius 2 is 2.12 bits per heavy atom. The molecule has 84 valence electrons. The number of nitrogen functional groups attached to an aromatic ring is 1. The van der Waals surface area contributed by atoms with Crippen molar-refractivity contribution in [2.45, 2.75) is 6.92 Å². The summed E-state index contributed by atoms with van der Waals surface area (Å²) in [7, 11) is 0. The van der Waals surface area contributed by atoms with Crippen molar-refractivity contribution < 1.29 is 4.52 Å². The van der Waals surface area contributed by atoms with Crippen molar-refractivity contribution in [2.75, 3.05) is 5.73 Å². The summed E-state index contributed by atoms with van der Waals surface area (Å²) in [6.45, 7) is 2.02. The predicted octanol–water partition coefficient (Wildman–Crippen LogP) is 2.78. The fraction of sp³-hybridized carbons (Fsp3) is 0.0769. The Morgan fingerprint density at radius 3 is 2.88 bits per heavy atom. The van der Waals surface area contributed by atoms with E-state index in [0.717, 1.165) is 27.7 Å². The molecule has 0 amide bonds. The van der Waals surface area contributed by atoms with Gasteiger partial charge in [0.05, 0.1) is 11.1 Å². The van der Waals surface area contributed by atoms with Gasteiger partial charge in [0.25, 0.3) is 0 Å². The minimum atomic E-state index is 0.357. The first-order chi connectivity index (χ1) is 8.25. The van der Waals surface area contributed by atoms with Gasteiger partial charge in [0.15, 0.2) is 0 Å². The monoisotopic (exact) mass is 225 g/mol. The second-order valence-electron chi connectivity index (χ2n) is 3.95. The van der Waals surface area contributed by atoms with Crippen LogP contribution in [-0.2, 0) is 0 Å². The molecular formula is C13H11N3O. The van der Waals surface area contributed by atoms with Gasteiger partial charge in [-0.15, -0.1) is 0 Å². The molecule has 0 spiro atoms. The van der Waals surface area contributed by atoms with Gasteiger partial charge in [-0.2, -0.15) is 0 Å². The lowest BCUT2D eigenvalue weighted by atomic mass is 10.0. The Bertz CT molecular complexity index is 674. The Morgan fingerprint density at radius 1 is 1.24 bits per heavy atom. The van der Waals surface area contributed by atoms with Crippen LogP contribution in [0.2, 0.25) is 0 Å². The van der Waals surface area contributed by atoms with E-state index in [-0.39, 0.29) is 0 Å². The van der Waals surface area contributed by atoms with Gasteiger partial charge in [0.1, 0.15) is 5.52 Å². The number of nitrogens with two attached hydrogens (primary N) is 1. The fourth-order valence-corrected chi connectivity index (χ4v) is 1.91. The van der Waals surface area contributed by atoms with E-state index in [1.165, 1.54) is 0 Å². The van der Waals surface area contributed by atoms with E-state index >= 15 is 0 Å². The first kappa shape index (κ1) is 9.84. The van der Waals surface area contributed by atoms with Gasteiger partial charge < -0.3 is 10.3 Å². The number of nitrogens with zero attached hydrogens (tertiary/aromatic N) is 2. The molecule has 0 aliphatic rings. The molecule has 4 nitrogen and oxygen atoms in total. The molecule has 17 heavy (non-hydrogen) atoms. The highest BCUT2D eigenvalue weighted by atomic mass is 16.5. The van der Waals surface area contributed by atoms with Gasteiger partial charge in [-0.3, -0.25) is 4.98 Å². The number of benzene rings is 1. The molecule has 0 unspecified atom stereocenters. The molecule has 0 saturated heterocycles. The van der Waals surface area contributed by atoms with E-state index < -0.39 is 0 Å². The van der Waals surface area contributed by atoms with E-state index in [2.05, 4.69) is 10.1 Å². The Kier molecular flexibility index (Phi) is 2.08. The standard InChI is InChI=1S/C13H11N3O/c1-8-6-10-12(16-17-13(10)14)7-9(8)11-4-2-3-5-15-11/h2-7H,14H2,1H3. The number of rotatable bonds is 1. The van der Waals surface area contributed by atoms with E-state index in [4.69, 9.17) is 10.3 Å². The molecule has 3 rings (SSSR count). The minimum absolute atomic E-state index is 0.357. The van der Waals surface area contributed by atoms with Crippen LogP contribution in [0, 0.1) is 6.92 Å². The highest BCUT2D eigenvalue weighted by Crippen LogP contribution is 2.29. The zero-order valence-electron chi connectivity index (χ0n) is 9.34. The third-order valence-corrected chi connectivity index (χ3v) is 2.79. The molecule has 4 heteroatoms. The van der Waals surface area contributed by atoms with Crippen molar-refractivity contribution in [2.24, 2.45) is 0 Å². The summed E-state index contributed by atoms with van der Waals surface area (Å²) in [6, 6.07) is 9.75. The number of pyridine rings is 1. The molecule has 2 aromatic heterocycles. The van der Waals surface area contributed by atoms with E-state index in [1.54, 1.807) is 6.20 Å². The van der Waals surface area contributed by atoms with Crippen LogP contribution in [0.4, 0.5) is 5.88 Å². The van der Waals surface area contributed by atoms with Crippen LogP contribution in [0.3, 0.4) is 0 Å². The summed E-state index contributed by atoms with van der Waals surface area (Å²) in [5.74, 6) is 0.357. The lowest BCUT2D eigenvalue weighted by Crippen LogP contribution is -1.87. The highest BCUT2D eigenvalue weighted by molar-refractivity contribution is 5.91. The molecule has 1 aromatic carbocycles. The van der Waals surface area contributed by atoms with E-state index in [0.29, 0.717) is 5.88 Å². The normalized spacial score (nSPS) is 10.9.